The zero-order valence-electron chi connectivity index (χ0n) is 15.3. The van der Waals surface area contributed by atoms with Gasteiger partial charge in [0, 0.05) is 48.6 Å². The van der Waals surface area contributed by atoms with Crippen molar-refractivity contribution in [2.45, 2.75) is 26.4 Å². The average molecular weight is 355 g/mol. The monoisotopic (exact) mass is 355 g/mol. The Kier molecular flexibility index (Phi) is 3.94. The van der Waals surface area contributed by atoms with E-state index in [1.807, 2.05) is 24.4 Å². The van der Waals surface area contributed by atoms with Crippen LogP contribution in [0.1, 0.15) is 22.5 Å². The van der Waals surface area contributed by atoms with E-state index < -0.39 is 0 Å². The number of aromatic nitrogens is 4. The van der Waals surface area contributed by atoms with Gasteiger partial charge in [-0.1, -0.05) is 24.3 Å². The maximum Gasteiger partial charge on any atom is 0.178 e. The molecule has 3 aromatic heterocycles. The maximum absolute atomic E-state index is 4.82. The van der Waals surface area contributed by atoms with Gasteiger partial charge in [0.25, 0.3) is 0 Å². The summed E-state index contributed by atoms with van der Waals surface area (Å²) >= 11 is 0. The van der Waals surface area contributed by atoms with Gasteiger partial charge in [0.15, 0.2) is 5.82 Å². The van der Waals surface area contributed by atoms with Crippen LogP contribution in [0.15, 0.2) is 54.9 Å². The third-order valence-corrected chi connectivity index (χ3v) is 5.33. The van der Waals surface area contributed by atoms with Crippen molar-refractivity contribution in [2.75, 3.05) is 6.54 Å². The summed E-state index contributed by atoms with van der Waals surface area (Å²) in [5, 5.41) is 1.32. The summed E-state index contributed by atoms with van der Waals surface area (Å²) in [6.07, 6.45) is 4.74. The Labute approximate surface area is 158 Å². The lowest BCUT2D eigenvalue weighted by Crippen LogP contribution is -2.31. The van der Waals surface area contributed by atoms with E-state index in [1.165, 1.54) is 27.7 Å². The minimum atomic E-state index is 0.708. The van der Waals surface area contributed by atoms with Gasteiger partial charge in [-0.05, 0) is 42.7 Å². The van der Waals surface area contributed by atoms with Crippen LogP contribution in [-0.4, -0.2) is 31.4 Å². The molecule has 27 heavy (non-hydrogen) atoms. The summed E-state index contributed by atoms with van der Waals surface area (Å²) in [6, 6.07) is 14.4. The Balaban J connectivity index is 1.43. The highest BCUT2D eigenvalue weighted by Gasteiger charge is 2.21. The smallest absolute Gasteiger partial charge is 0.178 e. The molecule has 0 saturated heterocycles. The first kappa shape index (κ1) is 16.1. The number of rotatable bonds is 3. The molecule has 0 aliphatic carbocycles. The number of aryl methyl sites for hydroxylation is 1. The van der Waals surface area contributed by atoms with Gasteiger partial charge in [-0.25, -0.2) is 9.97 Å². The molecule has 4 heterocycles. The topological polar surface area (TPSA) is 57.7 Å². The molecule has 0 fully saturated rings. The minimum absolute atomic E-state index is 0.708. The molecule has 0 unspecified atom stereocenters. The van der Waals surface area contributed by atoms with Gasteiger partial charge in [-0.2, -0.15) is 0 Å². The molecule has 0 bridgehead atoms. The van der Waals surface area contributed by atoms with Crippen LogP contribution in [0.3, 0.4) is 0 Å². The van der Waals surface area contributed by atoms with Crippen LogP contribution in [0.25, 0.3) is 22.4 Å². The van der Waals surface area contributed by atoms with E-state index in [-0.39, 0.29) is 0 Å². The molecular formula is C22H21N5. The normalized spacial score (nSPS) is 14.4. The Morgan fingerprint density at radius 2 is 1.96 bits per heavy atom. The largest absolute Gasteiger partial charge is 0.358 e. The van der Waals surface area contributed by atoms with Crippen molar-refractivity contribution in [3.63, 3.8) is 0 Å². The van der Waals surface area contributed by atoms with Crippen LogP contribution in [0.2, 0.25) is 0 Å². The summed E-state index contributed by atoms with van der Waals surface area (Å²) in [6.45, 7) is 4.96. The Hall–Kier alpha value is -3.05. The van der Waals surface area contributed by atoms with Crippen LogP contribution in [0.5, 0.6) is 0 Å². The molecule has 1 aliphatic rings. The molecule has 5 nitrogen and oxygen atoms in total. The molecule has 134 valence electrons. The van der Waals surface area contributed by atoms with E-state index in [0.717, 1.165) is 37.4 Å². The molecule has 5 heteroatoms. The predicted molar refractivity (Wildman–Crippen MR) is 106 cm³/mol. The van der Waals surface area contributed by atoms with Crippen LogP contribution in [-0.2, 0) is 19.5 Å². The van der Waals surface area contributed by atoms with E-state index in [1.54, 1.807) is 6.20 Å². The zero-order valence-corrected chi connectivity index (χ0v) is 15.3. The third-order valence-electron chi connectivity index (χ3n) is 5.33. The maximum atomic E-state index is 4.82. The van der Waals surface area contributed by atoms with E-state index in [9.17, 15) is 0 Å². The van der Waals surface area contributed by atoms with Gasteiger partial charge >= 0.3 is 0 Å². The van der Waals surface area contributed by atoms with Crippen LogP contribution in [0, 0.1) is 6.92 Å². The number of pyridine rings is 1. The molecule has 5 rings (SSSR count). The summed E-state index contributed by atoms with van der Waals surface area (Å²) in [7, 11) is 0. The second kappa shape index (κ2) is 6.59. The van der Waals surface area contributed by atoms with Crippen molar-refractivity contribution >= 4 is 10.9 Å². The van der Waals surface area contributed by atoms with Crippen molar-refractivity contribution in [3.05, 3.63) is 77.4 Å². The first-order chi connectivity index (χ1) is 13.3. The van der Waals surface area contributed by atoms with Gasteiger partial charge in [0.1, 0.15) is 5.69 Å². The van der Waals surface area contributed by atoms with E-state index in [4.69, 9.17) is 4.98 Å². The highest BCUT2D eigenvalue weighted by Crippen LogP contribution is 2.26. The number of hydrogen-bond donors (Lipinski definition) is 1. The molecule has 0 amide bonds. The molecule has 4 aromatic rings. The van der Waals surface area contributed by atoms with Gasteiger partial charge in [-0.15, -0.1) is 0 Å². The first-order valence-electron chi connectivity index (χ1n) is 9.32. The summed E-state index contributed by atoms with van der Waals surface area (Å²) < 4.78 is 0. The fourth-order valence-corrected chi connectivity index (χ4v) is 3.87. The van der Waals surface area contributed by atoms with Gasteiger partial charge in [-0.3, -0.25) is 9.88 Å². The number of aromatic amines is 1. The lowest BCUT2D eigenvalue weighted by molar-refractivity contribution is 0.241. The number of nitrogens with zero attached hydrogens (tertiary/aromatic N) is 4. The highest BCUT2D eigenvalue weighted by atomic mass is 15.1. The molecule has 0 radical (unpaired) electrons. The average Bonchev–Trinajstić information content (AvgIpc) is 3.03. The van der Waals surface area contributed by atoms with E-state index in [0.29, 0.717) is 5.82 Å². The fraction of sp³-hybridized carbons (Fsp3) is 0.227. The quantitative estimate of drug-likeness (QED) is 0.606. The molecule has 0 saturated carbocycles. The molecule has 1 N–H and O–H groups in total. The number of fused-ring (bicyclic) bond motifs is 2. The summed E-state index contributed by atoms with van der Waals surface area (Å²) in [5.41, 5.74) is 7.04. The first-order valence-corrected chi connectivity index (χ1v) is 9.32. The number of hydrogen-bond acceptors (Lipinski definition) is 4. The second-order valence-corrected chi connectivity index (χ2v) is 7.12. The van der Waals surface area contributed by atoms with E-state index >= 15 is 0 Å². The van der Waals surface area contributed by atoms with Crippen LogP contribution >= 0.6 is 0 Å². The Morgan fingerprint density at radius 1 is 1.07 bits per heavy atom. The SMILES string of the molecule is Cc1[nH]c2ccccc2c1CN1CCc2cnc(-c3ccccn3)nc2C1. The number of benzene rings is 1. The zero-order chi connectivity index (χ0) is 18.2. The lowest BCUT2D eigenvalue weighted by atomic mass is 10.0. The fourth-order valence-electron chi connectivity index (χ4n) is 3.87. The Bertz CT molecular complexity index is 1100. The molecular weight excluding hydrogens is 334 g/mol. The van der Waals surface area contributed by atoms with Crippen molar-refractivity contribution in [3.8, 4) is 11.5 Å². The lowest BCUT2D eigenvalue weighted by Gasteiger charge is -2.28. The van der Waals surface area contributed by atoms with E-state index in [2.05, 4.69) is 51.0 Å². The summed E-state index contributed by atoms with van der Waals surface area (Å²) in [4.78, 5) is 19.7. The van der Waals surface area contributed by atoms with Gasteiger partial charge in [0.05, 0.1) is 5.69 Å². The number of para-hydroxylation sites is 1. The standard InChI is InChI=1S/C22H21N5/c1-15-18(17-6-2-3-7-19(17)25-15)13-27-11-9-16-12-24-22(26-21(16)14-27)20-8-4-5-10-23-20/h2-8,10,12,25H,9,11,13-14H2,1H3. The van der Waals surface area contributed by atoms with Crippen molar-refractivity contribution in [1.29, 1.82) is 0 Å². The molecule has 0 spiro atoms. The predicted octanol–water partition coefficient (Wildman–Crippen LogP) is 3.89. The third kappa shape index (κ3) is 3.00. The Morgan fingerprint density at radius 3 is 2.85 bits per heavy atom. The molecule has 0 atom stereocenters. The second-order valence-electron chi connectivity index (χ2n) is 7.12. The highest BCUT2D eigenvalue weighted by molar-refractivity contribution is 5.84. The van der Waals surface area contributed by atoms with Crippen molar-refractivity contribution < 1.29 is 0 Å². The summed E-state index contributed by atoms with van der Waals surface area (Å²) in [5.74, 6) is 0.708. The van der Waals surface area contributed by atoms with Crippen LogP contribution < -0.4 is 0 Å². The number of H-pyrrole nitrogens is 1. The van der Waals surface area contributed by atoms with Crippen molar-refractivity contribution in [1.82, 2.24) is 24.8 Å². The molecule has 1 aliphatic heterocycles. The van der Waals surface area contributed by atoms with Crippen molar-refractivity contribution in [2.24, 2.45) is 0 Å². The number of nitrogens with one attached hydrogen (secondary N) is 1. The van der Waals surface area contributed by atoms with Crippen LogP contribution in [0.4, 0.5) is 0 Å². The molecule has 1 aromatic carbocycles. The van der Waals surface area contributed by atoms with Gasteiger partial charge < -0.3 is 4.98 Å². The minimum Gasteiger partial charge on any atom is -0.358 e. The van der Waals surface area contributed by atoms with Gasteiger partial charge in [0.2, 0.25) is 0 Å².